The number of aryl methyl sites for hydroxylation is 1. The van der Waals surface area contributed by atoms with Crippen LogP contribution in [0.4, 0.5) is 0 Å². The summed E-state index contributed by atoms with van der Waals surface area (Å²) in [6, 6.07) is 16.1. The monoisotopic (exact) mass is 480 g/mol. The Labute approximate surface area is 213 Å². The molecule has 2 aliphatic rings. The van der Waals surface area contributed by atoms with Gasteiger partial charge in [-0.15, -0.1) is 0 Å². The van der Waals surface area contributed by atoms with Gasteiger partial charge in [0, 0.05) is 30.7 Å². The van der Waals surface area contributed by atoms with Crippen molar-refractivity contribution in [3.63, 3.8) is 0 Å². The molecule has 2 N–H and O–H groups in total. The van der Waals surface area contributed by atoms with E-state index < -0.39 is 0 Å². The molecule has 0 amide bonds. The summed E-state index contributed by atoms with van der Waals surface area (Å²) in [6.07, 6.45) is 7.64. The van der Waals surface area contributed by atoms with Crippen LogP contribution in [-0.4, -0.2) is 25.7 Å². The fourth-order valence-electron chi connectivity index (χ4n) is 7.04. The number of fused-ring (bicyclic) bond motifs is 3. The molecular weight excluding hydrogens is 436 g/mol. The fourth-order valence-corrected chi connectivity index (χ4v) is 7.17. The summed E-state index contributed by atoms with van der Waals surface area (Å²) in [4.78, 5) is 0. The van der Waals surface area contributed by atoms with Crippen LogP contribution in [0, 0.1) is 11.3 Å². The molecule has 4 atom stereocenters. The summed E-state index contributed by atoms with van der Waals surface area (Å²) >= 11 is 6.01. The molecule has 0 bridgehead atoms. The molecule has 2 nitrogen and oxygen atoms in total. The summed E-state index contributed by atoms with van der Waals surface area (Å²) in [5, 5.41) is 8.34. The van der Waals surface area contributed by atoms with E-state index in [1.165, 1.54) is 43.2 Å². The first kappa shape index (κ1) is 25.7. The highest BCUT2D eigenvalue weighted by atomic mass is 35.5. The average molecular weight is 481 g/mol. The van der Waals surface area contributed by atoms with Gasteiger partial charge in [-0.1, -0.05) is 76.0 Å². The Morgan fingerprint density at radius 2 is 1.76 bits per heavy atom. The summed E-state index contributed by atoms with van der Waals surface area (Å²) in [6.45, 7) is 15.2. The number of halogens is 1. The van der Waals surface area contributed by atoms with Gasteiger partial charge in [0.05, 0.1) is 0 Å². The molecule has 1 unspecified atom stereocenters. The normalized spacial score (nSPS) is 27.3. The second kappa shape index (κ2) is 10.7. The van der Waals surface area contributed by atoms with Gasteiger partial charge in [-0.3, -0.25) is 0 Å². The van der Waals surface area contributed by atoms with E-state index >= 15 is 0 Å². The Kier molecular flexibility index (Phi) is 8.12. The molecule has 0 spiro atoms. The molecule has 0 aromatic heterocycles. The van der Waals surface area contributed by atoms with Crippen molar-refractivity contribution >= 4 is 11.6 Å². The van der Waals surface area contributed by atoms with Crippen LogP contribution >= 0.6 is 11.6 Å². The maximum absolute atomic E-state index is 6.01. The second-order valence-electron chi connectivity index (χ2n) is 12.0. The van der Waals surface area contributed by atoms with Crippen LogP contribution in [-0.2, 0) is 18.3 Å². The average Bonchev–Trinajstić information content (AvgIpc) is 2.80. The van der Waals surface area contributed by atoms with Gasteiger partial charge in [0.25, 0.3) is 0 Å². The summed E-state index contributed by atoms with van der Waals surface area (Å²) < 4.78 is 0. The highest BCUT2D eigenvalue weighted by Gasteiger charge is 2.51. The van der Waals surface area contributed by atoms with Crippen LogP contribution in [0.25, 0.3) is 0 Å². The molecule has 2 aliphatic carbocycles. The number of hydrogen-bond donors (Lipinski definition) is 2. The lowest BCUT2D eigenvalue weighted by Gasteiger charge is -2.55. The van der Waals surface area contributed by atoms with Crippen LogP contribution in [0.15, 0.2) is 42.5 Å². The molecular formula is C31H45ClN2. The van der Waals surface area contributed by atoms with Gasteiger partial charge in [0.15, 0.2) is 0 Å². The molecule has 2 aromatic rings. The van der Waals surface area contributed by atoms with Crippen LogP contribution in [0.2, 0.25) is 5.02 Å². The quantitative estimate of drug-likeness (QED) is 0.368. The van der Waals surface area contributed by atoms with Gasteiger partial charge in [-0.25, -0.2) is 0 Å². The Hall–Kier alpha value is -1.35. The summed E-state index contributed by atoms with van der Waals surface area (Å²) in [5.41, 5.74) is 6.81. The molecule has 2 aromatic carbocycles. The first-order valence-electron chi connectivity index (χ1n) is 13.5. The van der Waals surface area contributed by atoms with Crippen molar-refractivity contribution in [2.45, 2.75) is 90.5 Å². The zero-order valence-corrected chi connectivity index (χ0v) is 22.8. The Morgan fingerprint density at radius 3 is 2.50 bits per heavy atom. The minimum absolute atomic E-state index is 0.323. The molecule has 4 rings (SSSR count). The second-order valence-corrected chi connectivity index (χ2v) is 12.4. The van der Waals surface area contributed by atoms with E-state index in [4.69, 9.17) is 11.6 Å². The van der Waals surface area contributed by atoms with E-state index in [1.807, 2.05) is 12.1 Å². The minimum Gasteiger partial charge on any atom is -0.315 e. The lowest BCUT2D eigenvalue weighted by molar-refractivity contribution is 0.0261. The molecule has 186 valence electrons. The van der Waals surface area contributed by atoms with Gasteiger partial charge < -0.3 is 10.6 Å². The zero-order chi connectivity index (χ0) is 24.3. The largest absolute Gasteiger partial charge is 0.315 e. The Morgan fingerprint density at radius 1 is 1.00 bits per heavy atom. The number of rotatable bonds is 9. The first-order valence-corrected chi connectivity index (χ1v) is 13.9. The third-order valence-corrected chi connectivity index (χ3v) is 9.20. The molecule has 1 fully saturated rings. The van der Waals surface area contributed by atoms with Crippen LogP contribution in [0.3, 0.4) is 0 Å². The number of hydrogen-bond acceptors (Lipinski definition) is 2. The van der Waals surface area contributed by atoms with Crippen molar-refractivity contribution in [2.75, 3.05) is 19.6 Å². The third-order valence-electron chi connectivity index (χ3n) is 8.95. The van der Waals surface area contributed by atoms with Crippen LogP contribution in [0.5, 0.6) is 0 Å². The lowest BCUT2D eigenvalue weighted by atomic mass is 9.49. The van der Waals surface area contributed by atoms with Gasteiger partial charge in [0.1, 0.15) is 0 Å². The van der Waals surface area contributed by atoms with Gasteiger partial charge in [0.2, 0.25) is 0 Å². The highest BCUT2D eigenvalue weighted by Crippen LogP contribution is 2.57. The third kappa shape index (κ3) is 5.55. The SMILES string of the molecule is CC(Cc1ccc(Cl)cc1)NCCNC[C@]1(C)CCC[C@]2(C)c3ccc(C(C)C)cc3CC[C@@H]12. The molecule has 34 heavy (non-hydrogen) atoms. The standard InChI is InChI=1S/C31H45ClN2/c1-22(2)25-9-13-28-26(20-25)10-14-29-30(4,15-6-16-31(28,29)5)21-33-17-18-34-23(3)19-24-7-11-27(32)12-8-24/h7-9,11-13,20,22-23,29,33-34H,6,10,14-19,21H2,1-5H3/t23?,29-,30-,31+/m0/s1. The lowest BCUT2D eigenvalue weighted by Crippen LogP contribution is -2.53. The van der Waals surface area contributed by atoms with Gasteiger partial charge in [-0.2, -0.15) is 0 Å². The fraction of sp³-hybridized carbons (Fsp3) is 0.613. The van der Waals surface area contributed by atoms with Crippen LogP contribution < -0.4 is 10.6 Å². The Balaban J connectivity index is 1.31. The van der Waals surface area contributed by atoms with Gasteiger partial charge >= 0.3 is 0 Å². The van der Waals surface area contributed by atoms with Crippen molar-refractivity contribution in [1.29, 1.82) is 0 Å². The maximum Gasteiger partial charge on any atom is 0.0406 e. The smallest absolute Gasteiger partial charge is 0.0406 e. The van der Waals surface area contributed by atoms with E-state index in [-0.39, 0.29) is 0 Å². The number of nitrogens with one attached hydrogen (secondary N) is 2. The number of benzene rings is 2. The molecule has 0 heterocycles. The molecule has 0 radical (unpaired) electrons. The molecule has 0 aliphatic heterocycles. The van der Waals surface area contributed by atoms with E-state index in [2.05, 4.69) is 75.6 Å². The minimum atomic E-state index is 0.323. The molecule has 0 saturated heterocycles. The topological polar surface area (TPSA) is 24.1 Å². The predicted octanol–water partition coefficient (Wildman–Crippen LogP) is 7.28. The van der Waals surface area contributed by atoms with E-state index in [0.29, 0.717) is 22.8 Å². The molecule has 1 saturated carbocycles. The highest BCUT2D eigenvalue weighted by molar-refractivity contribution is 6.30. The van der Waals surface area contributed by atoms with E-state index in [0.717, 1.165) is 37.0 Å². The van der Waals surface area contributed by atoms with Gasteiger partial charge in [-0.05, 0) is 96.1 Å². The van der Waals surface area contributed by atoms with Crippen molar-refractivity contribution in [1.82, 2.24) is 10.6 Å². The zero-order valence-electron chi connectivity index (χ0n) is 22.0. The first-order chi connectivity index (χ1) is 16.2. The summed E-state index contributed by atoms with van der Waals surface area (Å²) in [5.74, 6) is 1.37. The van der Waals surface area contributed by atoms with Crippen molar-refractivity contribution in [3.8, 4) is 0 Å². The van der Waals surface area contributed by atoms with Crippen LogP contribution in [0.1, 0.15) is 88.5 Å². The summed E-state index contributed by atoms with van der Waals surface area (Å²) in [7, 11) is 0. The van der Waals surface area contributed by atoms with E-state index in [9.17, 15) is 0 Å². The predicted molar refractivity (Wildman–Crippen MR) is 147 cm³/mol. The molecule has 3 heteroatoms. The van der Waals surface area contributed by atoms with Crippen molar-refractivity contribution in [2.24, 2.45) is 11.3 Å². The Bertz CT molecular complexity index is 952. The van der Waals surface area contributed by atoms with Crippen molar-refractivity contribution < 1.29 is 0 Å². The maximum atomic E-state index is 6.01. The van der Waals surface area contributed by atoms with Crippen molar-refractivity contribution in [3.05, 3.63) is 69.7 Å². The van der Waals surface area contributed by atoms with E-state index in [1.54, 1.807) is 11.1 Å².